The molecule has 1 aliphatic rings. The van der Waals surface area contributed by atoms with E-state index in [2.05, 4.69) is 29.8 Å². The Bertz CT molecular complexity index is 631. The lowest BCUT2D eigenvalue weighted by Crippen LogP contribution is -2.36. The van der Waals surface area contributed by atoms with Crippen molar-refractivity contribution in [2.75, 3.05) is 4.90 Å². The number of fused-ring (bicyclic) bond motifs is 1. The summed E-state index contributed by atoms with van der Waals surface area (Å²) < 4.78 is 0. The highest BCUT2D eigenvalue weighted by Crippen LogP contribution is 2.39. The maximum absolute atomic E-state index is 5.97. The minimum absolute atomic E-state index is 0.246. The van der Waals surface area contributed by atoms with Gasteiger partial charge in [0, 0.05) is 16.4 Å². The average Bonchev–Trinajstić information content (AvgIpc) is 2.42. The summed E-state index contributed by atoms with van der Waals surface area (Å²) in [5.74, 6) is 0. The van der Waals surface area contributed by atoms with Crippen molar-refractivity contribution in [3.05, 3.63) is 53.6 Å². The highest BCUT2D eigenvalue weighted by atomic mass is 35.5. The number of halogens is 1. The Labute approximate surface area is 118 Å². The highest BCUT2D eigenvalue weighted by molar-refractivity contribution is 6.30. The van der Waals surface area contributed by atoms with Crippen molar-refractivity contribution < 1.29 is 0 Å². The first-order chi connectivity index (χ1) is 9.16. The number of rotatable bonds is 1. The molecule has 0 fully saturated rings. The van der Waals surface area contributed by atoms with Gasteiger partial charge in [0.1, 0.15) is 0 Å². The largest absolute Gasteiger partial charge is 0.331 e. The van der Waals surface area contributed by atoms with E-state index in [-0.39, 0.29) is 6.04 Å². The summed E-state index contributed by atoms with van der Waals surface area (Å²) in [4.78, 5) is 6.97. The zero-order chi connectivity index (χ0) is 13.4. The van der Waals surface area contributed by atoms with E-state index in [1.807, 2.05) is 42.5 Å². The van der Waals surface area contributed by atoms with E-state index in [1.54, 1.807) is 0 Å². The molecule has 0 bridgehead atoms. The maximum atomic E-state index is 5.97. The van der Waals surface area contributed by atoms with Gasteiger partial charge in [0.05, 0.1) is 17.4 Å². The molecule has 96 valence electrons. The molecule has 1 aliphatic heterocycles. The Hall–Kier alpha value is -1.80. The van der Waals surface area contributed by atoms with Crippen molar-refractivity contribution in [3.63, 3.8) is 0 Å². The van der Waals surface area contributed by atoms with Crippen LogP contribution in [0.3, 0.4) is 0 Å². The van der Waals surface area contributed by atoms with Crippen LogP contribution in [0.15, 0.2) is 53.5 Å². The lowest BCUT2D eigenvalue weighted by molar-refractivity contribution is 0.884. The predicted octanol–water partition coefficient (Wildman–Crippen LogP) is 4.97. The van der Waals surface area contributed by atoms with Crippen molar-refractivity contribution in [2.24, 2.45) is 4.99 Å². The second kappa shape index (κ2) is 4.71. The van der Waals surface area contributed by atoms with Crippen LogP contribution in [0.1, 0.15) is 13.8 Å². The molecule has 0 amide bonds. The van der Waals surface area contributed by atoms with Gasteiger partial charge in [-0.2, -0.15) is 0 Å². The van der Waals surface area contributed by atoms with Crippen LogP contribution >= 0.6 is 11.6 Å². The molecule has 2 aromatic carbocycles. The molecule has 0 N–H and O–H groups in total. The number of anilines is 2. The fraction of sp³-hybridized carbons (Fsp3) is 0.188. The van der Waals surface area contributed by atoms with Crippen molar-refractivity contribution in [1.29, 1.82) is 0 Å². The molecule has 1 heterocycles. The van der Waals surface area contributed by atoms with Crippen molar-refractivity contribution in [1.82, 2.24) is 0 Å². The molecule has 0 spiro atoms. The topological polar surface area (TPSA) is 15.6 Å². The Kier molecular flexibility index (Phi) is 3.03. The summed E-state index contributed by atoms with van der Waals surface area (Å²) >= 11 is 5.97. The Balaban J connectivity index is 2.14. The average molecular weight is 271 g/mol. The maximum Gasteiger partial charge on any atom is 0.0866 e. The minimum atomic E-state index is 0.246. The third-order valence-electron chi connectivity index (χ3n) is 3.53. The van der Waals surface area contributed by atoms with Gasteiger partial charge in [-0.1, -0.05) is 23.7 Å². The number of benzene rings is 2. The van der Waals surface area contributed by atoms with E-state index in [0.29, 0.717) is 0 Å². The van der Waals surface area contributed by atoms with Gasteiger partial charge in [-0.15, -0.1) is 0 Å². The Morgan fingerprint density at radius 1 is 1.05 bits per heavy atom. The van der Waals surface area contributed by atoms with Gasteiger partial charge in [0.2, 0.25) is 0 Å². The third kappa shape index (κ3) is 2.13. The van der Waals surface area contributed by atoms with E-state index in [4.69, 9.17) is 11.6 Å². The number of hydrogen-bond acceptors (Lipinski definition) is 2. The first-order valence-electron chi connectivity index (χ1n) is 6.36. The second-order valence-corrected chi connectivity index (χ2v) is 5.20. The van der Waals surface area contributed by atoms with E-state index in [9.17, 15) is 0 Å². The molecule has 1 unspecified atom stereocenters. The summed E-state index contributed by atoms with van der Waals surface area (Å²) in [6.07, 6.45) is 0. The molecule has 3 rings (SSSR count). The van der Waals surface area contributed by atoms with Crippen LogP contribution in [0.2, 0.25) is 5.02 Å². The summed E-state index contributed by atoms with van der Waals surface area (Å²) in [6.45, 7) is 4.24. The summed E-state index contributed by atoms with van der Waals surface area (Å²) in [5, 5.41) is 0.757. The number of aliphatic imine (C=N–C) groups is 1. The van der Waals surface area contributed by atoms with Crippen LogP contribution in [0.25, 0.3) is 0 Å². The van der Waals surface area contributed by atoms with Gasteiger partial charge < -0.3 is 4.90 Å². The second-order valence-electron chi connectivity index (χ2n) is 4.76. The van der Waals surface area contributed by atoms with Gasteiger partial charge >= 0.3 is 0 Å². The lowest BCUT2D eigenvalue weighted by Gasteiger charge is -2.35. The van der Waals surface area contributed by atoms with Gasteiger partial charge in [0.25, 0.3) is 0 Å². The molecular weight excluding hydrogens is 256 g/mol. The molecule has 3 heteroatoms. The quantitative estimate of drug-likeness (QED) is 0.714. The number of nitrogens with zero attached hydrogens (tertiary/aromatic N) is 2. The predicted molar refractivity (Wildman–Crippen MR) is 82.3 cm³/mol. The zero-order valence-electron chi connectivity index (χ0n) is 11.0. The Morgan fingerprint density at radius 3 is 2.47 bits per heavy atom. The first kappa shape index (κ1) is 12.2. The van der Waals surface area contributed by atoms with Crippen LogP contribution in [0.5, 0.6) is 0 Å². The van der Waals surface area contributed by atoms with Crippen molar-refractivity contribution in [2.45, 2.75) is 19.9 Å². The van der Waals surface area contributed by atoms with Crippen LogP contribution in [0, 0.1) is 0 Å². The summed E-state index contributed by atoms with van der Waals surface area (Å²) in [7, 11) is 0. The standard InChI is InChI=1S/C16H15ClN2/c1-11-12(2)19(14-9-7-13(17)8-10-14)16-6-4-3-5-15(16)18-11/h3-10,12H,1-2H3. The molecule has 0 radical (unpaired) electrons. The van der Waals surface area contributed by atoms with Crippen molar-refractivity contribution in [3.8, 4) is 0 Å². The minimum Gasteiger partial charge on any atom is -0.331 e. The van der Waals surface area contributed by atoms with E-state index in [0.717, 1.165) is 27.8 Å². The molecule has 2 nitrogen and oxygen atoms in total. The van der Waals surface area contributed by atoms with E-state index in [1.165, 1.54) is 0 Å². The van der Waals surface area contributed by atoms with E-state index >= 15 is 0 Å². The molecule has 19 heavy (non-hydrogen) atoms. The molecule has 0 saturated carbocycles. The normalized spacial score (nSPS) is 17.9. The fourth-order valence-corrected chi connectivity index (χ4v) is 2.53. The smallest absolute Gasteiger partial charge is 0.0866 e. The fourth-order valence-electron chi connectivity index (χ4n) is 2.41. The van der Waals surface area contributed by atoms with Gasteiger partial charge in [-0.3, -0.25) is 4.99 Å². The molecule has 0 aromatic heterocycles. The summed E-state index contributed by atoms with van der Waals surface area (Å²) in [6, 6.07) is 16.4. The molecule has 0 saturated heterocycles. The SMILES string of the molecule is CC1=Nc2ccccc2N(c2ccc(Cl)cc2)C1C. The zero-order valence-corrected chi connectivity index (χ0v) is 11.7. The van der Waals surface area contributed by atoms with Gasteiger partial charge in [-0.05, 0) is 50.2 Å². The first-order valence-corrected chi connectivity index (χ1v) is 6.73. The third-order valence-corrected chi connectivity index (χ3v) is 3.79. The van der Waals surface area contributed by atoms with Crippen molar-refractivity contribution >= 4 is 34.4 Å². The molecule has 2 aromatic rings. The monoisotopic (exact) mass is 270 g/mol. The van der Waals surface area contributed by atoms with Crippen LogP contribution in [-0.4, -0.2) is 11.8 Å². The molecular formula is C16H15ClN2. The summed E-state index contributed by atoms with van der Waals surface area (Å²) in [5.41, 5.74) is 4.42. The molecule has 0 aliphatic carbocycles. The van der Waals surface area contributed by atoms with Crippen LogP contribution in [0.4, 0.5) is 17.1 Å². The number of para-hydroxylation sites is 2. The van der Waals surface area contributed by atoms with Gasteiger partial charge in [-0.25, -0.2) is 0 Å². The van der Waals surface area contributed by atoms with Crippen LogP contribution < -0.4 is 4.90 Å². The highest BCUT2D eigenvalue weighted by Gasteiger charge is 2.25. The van der Waals surface area contributed by atoms with E-state index < -0.39 is 0 Å². The molecule has 1 atom stereocenters. The Morgan fingerprint density at radius 2 is 1.74 bits per heavy atom. The van der Waals surface area contributed by atoms with Gasteiger partial charge in [0.15, 0.2) is 0 Å². The lowest BCUT2D eigenvalue weighted by atomic mass is 10.1. The number of hydrogen-bond donors (Lipinski definition) is 0. The van der Waals surface area contributed by atoms with Crippen LogP contribution in [-0.2, 0) is 0 Å².